The van der Waals surface area contributed by atoms with Gasteiger partial charge in [-0.1, -0.05) is 0 Å². The van der Waals surface area contributed by atoms with Gasteiger partial charge in [-0.05, 0) is 0 Å². The second kappa shape index (κ2) is 10.3. The molecule has 0 aliphatic heterocycles. The van der Waals surface area contributed by atoms with Crippen LogP contribution in [0.1, 0.15) is 78.6 Å². The quantitative estimate of drug-likeness (QED) is 0.441. The Balaban J connectivity index is 2.98. The van der Waals surface area contributed by atoms with Gasteiger partial charge in [0, 0.05) is 0 Å². The third-order valence-electron chi connectivity index (χ3n) is 5.19. The summed E-state index contributed by atoms with van der Waals surface area (Å²) in [5.74, 6) is 0. The molecule has 20 heavy (non-hydrogen) atoms. The zero-order valence-electron chi connectivity index (χ0n) is 14.1. The van der Waals surface area contributed by atoms with Crippen LogP contribution in [0.25, 0.3) is 0 Å². The molecule has 0 aromatic carbocycles. The molecule has 0 radical (unpaired) electrons. The van der Waals surface area contributed by atoms with Crippen molar-refractivity contribution in [3.63, 3.8) is 0 Å². The molecule has 1 aliphatic carbocycles. The van der Waals surface area contributed by atoms with E-state index >= 15 is 0 Å². The maximum absolute atomic E-state index is 9.75. The van der Waals surface area contributed by atoms with Crippen LogP contribution in [0.5, 0.6) is 0 Å². The van der Waals surface area contributed by atoms with Gasteiger partial charge < -0.3 is 0 Å². The van der Waals surface area contributed by atoms with E-state index < -0.39 is 18.4 Å². The molecule has 118 valence electrons. The van der Waals surface area contributed by atoms with Gasteiger partial charge in [-0.3, -0.25) is 0 Å². The van der Waals surface area contributed by atoms with Crippen molar-refractivity contribution < 1.29 is 5.11 Å². The summed E-state index contributed by atoms with van der Waals surface area (Å²) in [5.41, 5.74) is 1.49. The fourth-order valence-corrected chi connectivity index (χ4v) is 22.3. The van der Waals surface area contributed by atoms with Crippen molar-refractivity contribution in [2.24, 2.45) is 0 Å². The first-order valence-corrected chi connectivity index (χ1v) is 16.5. The van der Waals surface area contributed by atoms with Gasteiger partial charge >= 0.3 is 131 Å². The third-order valence-corrected chi connectivity index (χ3v) is 21.8. The van der Waals surface area contributed by atoms with Gasteiger partial charge in [0.15, 0.2) is 0 Å². The number of aliphatic hydroxyl groups excluding tert-OH is 1. The molecule has 0 saturated carbocycles. The number of rotatable bonds is 11. The molecule has 1 nitrogen and oxygen atoms in total. The number of unbranched alkanes of at least 4 members (excludes halogenated alkanes) is 3. The van der Waals surface area contributed by atoms with Gasteiger partial charge in [-0.25, -0.2) is 0 Å². The molecule has 0 saturated heterocycles. The molecular weight excluding hydrogens is 351 g/mol. The van der Waals surface area contributed by atoms with E-state index in [0.29, 0.717) is 6.61 Å². The summed E-state index contributed by atoms with van der Waals surface area (Å²) in [6.07, 6.45) is 12.2. The topological polar surface area (TPSA) is 20.2 Å². The zero-order chi connectivity index (χ0) is 14.8. The van der Waals surface area contributed by atoms with E-state index in [2.05, 4.69) is 20.8 Å². The minimum absolute atomic E-state index is 0.360. The Morgan fingerprint density at radius 2 is 1.35 bits per heavy atom. The van der Waals surface area contributed by atoms with Gasteiger partial charge in [0.2, 0.25) is 0 Å². The minimum atomic E-state index is -2.17. The first kappa shape index (κ1) is 18.5. The van der Waals surface area contributed by atoms with Crippen molar-refractivity contribution in [1.29, 1.82) is 0 Å². The van der Waals surface area contributed by atoms with Gasteiger partial charge in [0.1, 0.15) is 0 Å². The molecule has 1 aliphatic rings. The monoisotopic (exact) mass is 388 g/mol. The number of hydrogen-bond acceptors (Lipinski definition) is 1. The average molecular weight is 387 g/mol. The Kier molecular flexibility index (Phi) is 9.52. The molecule has 0 amide bonds. The summed E-state index contributed by atoms with van der Waals surface area (Å²) in [6, 6.07) is 0. The fraction of sp³-hybridized carbons (Fsp3) is 0.889. The van der Waals surface area contributed by atoms with Crippen molar-refractivity contribution in [3.05, 3.63) is 9.16 Å². The van der Waals surface area contributed by atoms with E-state index in [0.717, 1.165) is 0 Å². The van der Waals surface area contributed by atoms with Crippen LogP contribution in [0.2, 0.25) is 13.3 Å². The second-order valence-corrected chi connectivity index (χ2v) is 20.0. The molecule has 0 atom stereocenters. The summed E-state index contributed by atoms with van der Waals surface area (Å²) < 4.78 is 6.56. The zero-order valence-corrected chi connectivity index (χ0v) is 17.0. The summed E-state index contributed by atoms with van der Waals surface area (Å²) in [4.78, 5) is 0. The van der Waals surface area contributed by atoms with E-state index in [-0.39, 0.29) is 0 Å². The molecule has 0 heterocycles. The van der Waals surface area contributed by atoms with Crippen LogP contribution in [0.3, 0.4) is 0 Å². The van der Waals surface area contributed by atoms with Gasteiger partial charge in [0.05, 0.1) is 0 Å². The predicted molar refractivity (Wildman–Crippen MR) is 92.9 cm³/mol. The SMILES string of the molecule is CCC[CH2][Sn]([CH2]CCC)([CH2]CCC)[C]1=C(CO)CCC1. The summed E-state index contributed by atoms with van der Waals surface area (Å²) in [5, 5.41) is 9.75. The number of allylic oxidation sites excluding steroid dienone is 1. The summed E-state index contributed by atoms with van der Waals surface area (Å²) >= 11 is -2.17. The van der Waals surface area contributed by atoms with Gasteiger partial charge in [-0.2, -0.15) is 0 Å². The van der Waals surface area contributed by atoms with Crippen molar-refractivity contribution in [1.82, 2.24) is 0 Å². The second-order valence-electron chi connectivity index (χ2n) is 6.68. The van der Waals surface area contributed by atoms with Crippen LogP contribution in [0, 0.1) is 0 Å². The predicted octanol–water partition coefficient (Wildman–Crippen LogP) is 5.85. The van der Waals surface area contributed by atoms with Crippen molar-refractivity contribution >= 4 is 18.4 Å². The average Bonchev–Trinajstić information content (AvgIpc) is 2.96. The molecule has 0 spiro atoms. The molecular formula is C18H36OSn. The van der Waals surface area contributed by atoms with Gasteiger partial charge in [0.25, 0.3) is 0 Å². The normalized spacial score (nSPS) is 16.2. The maximum atomic E-state index is 9.75. The molecule has 2 heteroatoms. The Morgan fingerprint density at radius 1 is 0.850 bits per heavy atom. The van der Waals surface area contributed by atoms with E-state index in [1.165, 1.54) is 63.4 Å². The Bertz CT molecular complexity index is 274. The first-order chi connectivity index (χ1) is 9.74. The first-order valence-electron chi connectivity index (χ1n) is 9.06. The van der Waals surface area contributed by atoms with E-state index in [9.17, 15) is 5.11 Å². The molecule has 0 aromatic rings. The molecule has 0 aromatic heterocycles. The molecule has 1 rings (SSSR count). The Hall–Kier alpha value is 0.499. The van der Waals surface area contributed by atoms with E-state index in [1.807, 2.05) is 3.59 Å². The van der Waals surface area contributed by atoms with Crippen LogP contribution in [-0.2, 0) is 0 Å². The van der Waals surface area contributed by atoms with Crippen LogP contribution in [0.4, 0.5) is 0 Å². The molecule has 1 N–H and O–H groups in total. The summed E-state index contributed by atoms with van der Waals surface area (Å²) in [7, 11) is 0. The van der Waals surface area contributed by atoms with Crippen LogP contribution in [-0.4, -0.2) is 30.1 Å². The van der Waals surface area contributed by atoms with Crippen molar-refractivity contribution in [2.75, 3.05) is 6.61 Å². The Morgan fingerprint density at radius 3 is 1.75 bits per heavy atom. The van der Waals surface area contributed by atoms with Crippen molar-refractivity contribution in [3.8, 4) is 0 Å². The van der Waals surface area contributed by atoms with E-state index in [1.54, 1.807) is 13.3 Å². The molecule has 0 unspecified atom stereocenters. The standard InChI is InChI=1S/C6H9O.3C4H9.Sn/c7-5-6-3-1-2-4-6;3*1-3-4-2;/h7H,1-3,5H2;3*1,3-4H2,2H3;. The Labute approximate surface area is 131 Å². The van der Waals surface area contributed by atoms with Crippen LogP contribution in [0.15, 0.2) is 9.16 Å². The third kappa shape index (κ3) is 5.05. The van der Waals surface area contributed by atoms with Crippen molar-refractivity contribution in [2.45, 2.75) is 91.9 Å². The number of aliphatic hydroxyl groups is 1. The van der Waals surface area contributed by atoms with Crippen LogP contribution >= 0.6 is 0 Å². The molecule has 0 fully saturated rings. The van der Waals surface area contributed by atoms with Crippen LogP contribution < -0.4 is 0 Å². The summed E-state index contributed by atoms with van der Waals surface area (Å²) in [6.45, 7) is 7.38. The van der Waals surface area contributed by atoms with Gasteiger partial charge in [-0.15, -0.1) is 0 Å². The van der Waals surface area contributed by atoms with E-state index in [4.69, 9.17) is 0 Å². The fourth-order valence-electron chi connectivity index (χ4n) is 3.99. The number of hydrogen-bond donors (Lipinski definition) is 1. The molecule has 0 bridgehead atoms.